The molecular weight excluding hydrogens is 291 g/mol. The number of alkyl halides is 3. The van der Waals surface area contributed by atoms with Crippen LogP contribution in [0.4, 0.5) is 23.8 Å². The predicted octanol–water partition coefficient (Wildman–Crippen LogP) is 0.798. The zero-order chi connectivity index (χ0) is 15.6. The summed E-state index contributed by atoms with van der Waals surface area (Å²) in [6.45, 7) is 0.964. The van der Waals surface area contributed by atoms with Crippen LogP contribution < -0.4 is 10.6 Å². The highest BCUT2D eigenvalue weighted by Gasteiger charge is 2.30. The maximum atomic E-state index is 12.2. The molecule has 1 aliphatic rings. The van der Waals surface area contributed by atoms with Gasteiger partial charge in [-0.1, -0.05) is 0 Å². The number of hydrogen-bond donors (Lipinski definition) is 2. The summed E-state index contributed by atoms with van der Waals surface area (Å²) < 4.78 is 37.3. The number of aromatic nitrogens is 2. The van der Waals surface area contributed by atoms with Gasteiger partial charge in [-0.25, -0.2) is 4.79 Å². The standard InChI is InChI=1S/C11H14F3N5O2/c1-7(9(20)19-5-3-15-10(19)21)16-8-2-4-18(17-8)6-11(12,13)14/h2,4,7H,3,5-6H2,1H3,(H,15,21)(H,16,17)/t7-/m0/s1. The summed E-state index contributed by atoms with van der Waals surface area (Å²) in [7, 11) is 0. The Hall–Kier alpha value is -2.26. The van der Waals surface area contributed by atoms with Crippen LogP contribution in [0.5, 0.6) is 0 Å². The van der Waals surface area contributed by atoms with Crippen LogP contribution in [0.3, 0.4) is 0 Å². The molecule has 1 saturated heterocycles. The van der Waals surface area contributed by atoms with Gasteiger partial charge in [-0.15, -0.1) is 0 Å². The molecule has 0 radical (unpaired) electrons. The summed E-state index contributed by atoms with van der Waals surface area (Å²) in [6.07, 6.45) is -3.20. The molecule has 0 aliphatic carbocycles. The van der Waals surface area contributed by atoms with Gasteiger partial charge < -0.3 is 10.6 Å². The third-order valence-electron chi connectivity index (χ3n) is 2.84. The van der Waals surface area contributed by atoms with Crippen LogP contribution in [0.15, 0.2) is 12.3 Å². The van der Waals surface area contributed by atoms with Gasteiger partial charge in [0.05, 0.1) is 0 Å². The molecule has 116 valence electrons. The van der Waals surface area contributed by atoms with E-state index in [2.05, 4.69) is 15.7 Å². The van der Waals surface area contributed by atoms with Crippen molar-refractivity contribution in [1.29, 1.82) is 0 Å². The molecule has 2 rings (SSSR count). The van der Waals surface area contributed by atoms with Gasteiger partial charge in [-0.2, -0.15) is 18.3 Å². The van der Waals surface area contributed by atoms with Crippen LogP contribution in [0.1, 0.15) is 6.92 Å². The fraction of sp³-hybridized carbons (Fsp3) is 0.545. The molecule has 1 aromatic rings. The number of urea groups is 1. The molecule has 1 fully saturated rings. The second kappa shape index (κ2) is 5.62. The Morgan fingerprint density at radius 3 is 2.86 bits per heavy atom. The van der Waals surface area contributed by atoms with Crippen LogP contribution in [0.2, 0.25) is 0 Å². The lowest BCUT2D eigenvalue weighted by Gasteiger charge is -2.18. The third-order valence-corrected chi connectivity index (χ3v) is 2.84. The number of halogens is 3. The lowest BCUT2D eigenvalue weighted by atomic mass is 10.3. The highest BCUT2D eigenvalue weighted by atomic mass is 19.4. The number of rotatable bonds is 4. The molecule has 2 heterocycles. The monoisotopic (exact) mass is 305 g/mol. The number of carbonyl (C=O) groups excluding carboxylic acids is 2. The molecule has 7 nitrogen and oxygen atoms in total. The van der Waals surface area contributed by atoms with Gasteiger partial charge in [-0.3, -0.25) is 14.4 Å². The first-order chi connectivity index (χ1) is 9.76. The molecule has 1 aliphatic heterocycles. The molecule has 2 N–H and O–H groups in total. The van der Waals surface area contributed by atoms with E-state index in [1.54, 1.807) is 0 Å². The molecule has 0 spiro atoms. The molecule has 0 saturated carbocycles. The number of hydrogen-bond acceptors (Lipinski definition) is 4. The summed E-state index contributed by atoms with van der Waals surface area (Å²) in [4.78, 5) is 24.4. The second-order valence-corrected chi connectivity index (χ2v) is 4.60. The van der Waals surface area contributed by atoms with E-state index in [9.17, 15) is 22.8 Å². The zero-order valence-corrected chi connectivity index (χ0v) is 11.1. The molecule has 0 unspecified atom stereocenters. The minimum atomic E-state index is -4.36. The Labute approximate surface area is 118 Å². The van der Waals surface area contributed by atoms with E-state index >= 15 is 0 Å². The number of nitrogens with zero attached hydrogens (tertiary/aromatic N) is 3. The number of amides is 3. The third kappa shape index (κ3) is 3.86. The molecule has 1 atom stereocenters. The number of carbonyl (C=O) groups is 2. The van der Waals surface area contributed by atoms with E-state index in [1.807, 2.05) is 0 Å². The Kier molecular flexibility index (Phi) is 4.05. The van der Waals surface area contributed by atoms with Crippen LogP contribution >= 0.6 is 0 Å². The van der Waals surface area contributed by atoms with Gasteiger partial charge in [0.25, 0.3) is 5.91 Å². The van der Waals surface area contributed by atoms with Crippen LogP contribution in [0.25, 0.3) is 0 Å². The van der Waals surface area contributed by atoms with Crippen molar-refractivity contribution in [3.8, 4) is 0 Å². The minimum absolute atomic E-state index is 0.139. The van der Waals surface area contributed by atoms with Gasteiger partial charge in [0.15, 0.2) is 0 Å². The lowest BCUT2D eigenvalue weighted by Crippen LogP contribution is -2.43. The zero-order valence-electron chi connectivity index (χ0n) is 11.1. The quantitative estimate of drug-likeness (QED) is 0.862. The van der Waals surface area contributed by atoms with Crippen LogP contribution in [-0.4, -0.2) is 51.9 Å². The second-order valence-electron chi connectivity index (χ2n) is 4.60. The summed E-state index contributed by atoms with van der Waals surface area (Å²) >= 11 is 0. The number of imide groups is 1. The smallest absolute Gasteiger partial charge is 0.357 e. The molecule has 0 aromatic carbocycles. The molecule has 21 heavy (non-hydrogen) atoms. The number of nitrogens with one attached hydrogen (secondary N) is 2. The Balaban J connectivity index is 1.95. The van der Waals surface area contributed by atoms with E-state index in [4.69, 9.17) is 0 Å². The van der Waals surface area contributed by atoms with Gasteiger partial charge in [0.1, 0.15) is 18.4 Å². The van der Waals surface area contributed by atoms with Crippen molar-refractivity contribution in [3.63, 3.8) is 0 Å². The average Bonchev–Trinajstić information content (AvgIpc) is 2.95. The SMILES string of the molecule is C[C@H](Nc1ccn(CC(F)(F)F)n1)C(=O)N1CCNC1=O. The van der Waals surface area contributed by atoms with E-state index in [0.717, 1.165) is 15.8 Å². The Morgan fingerprint density at radius 1 is 1.57 bits per heavy atom. The van der Waals surface area contributed by atoms with Crippen molar-refractivity contribution in [2.75, 3.05) is 18.4 Å². The van der Waals surface area contributed by atoms with Gasteiger partial charge in [0, 0.05) is 25.4 Å². The van der Waals surface area contributed by atoms with Gasteiger partial charge >= 0.3 is 12.2 Å². The van der Waals surface area contributed by atoms with E-state index < -0.39 is 30.7 Å². The average molecular weight is 305 g/mol. The maximum Gasteiger partial charge on any atom is 0.408 e. The van der Waals surface area contributed by atoms with Crippen molar-refractivity contribution in [2.45, 2.75) is 25.7 Å². The summed E-state index contributed by atoms with van der Waals surface area (Å²) in [5.41, 5.74) is 0. The largest absolute Gasteiger partial charge is 0.408 e. The van der Waals surface area contributed by atoms with Crippen molar-refractivity contribution < 1.29 is 22.8 Å². The normalized spacial score (nSPS) is 16.8. The minimum Gasteiger partial charge on any atom is -0.357 e. The van der Waals surface area contributed by atoms with E-state index in [1.165, 1.54) is 13.0 Å². The van der Waals surface area contributed by atoms with Gasteiger partial charge in [0.2, 0.25) is 0 Å². The highest BCUT2D eigenvalue weighted by molar-refractivity contribution is 5.99. The topological polar surface area (TPSA) is 79.3 Å². The van der Waals surface area contributed by atoms with Crippen molar-refractivity contribution in [1.82, 2.24) is 20.0 Å². The highest BCUT2D eigenvalue weighted by Crippen LogP contribution is 2.18. The molecule has 1 aromatic heterocycles. The van der Waals surface area contributed by atoms with Gasteiger partial charge in [-0.05, 0) is 6.92 Å². The Morgan fingerprint density at radius 2 is 2.29 bits per heavy atom. The summed E-state index contributed by atoms with van der Waals surface area (Å²) in [5, 5.41) is 8.85. The first kappa shape index (κ1) is 15.1. The van der Waals surface area contributed by atoms with Crippen molar-refractivity contribution >= 4 is 17.8 Å². The van der Waals surface area contributed by atoms with Crippen molar-refractivity contribution in [3.05, 3.63) is 12.3 Å². The number of anilines is 1. The first-order valence-corrected chi connectivity index (χ1v) is 6.22. The molecule has 3 amide bonds. The molecular formula is C11H14F3N5O2. The fourth-order valence-electron chi connectivity index (χ4n) is 1.91. The van der Waals surface area contributed by atoms with Crippen LogP contribution in [0, 0.1) is 0 Å². The molecule has 10 heteroatoms. The lowest BCUT2D eigenvalue weighted by molar-refractivity contribution is -0.142. The van der Waals surface area contributed by atoms with Crippen molar-refractivity contribution in [2.24, 2.45) is 0 Å². The summed E-state index contributed by atoms with van der Waals surface area (Å²) in [5.74, 6) is -0.324. The van der Waals surface area contributed by atoms with E-state index in [0.29, 0.717) is 6.54 Å². The van der Waals surface area contributed by atoms with E-state index in [-0.39, 0.29) is 12.4 Å². The maximum absolute atomic E-state index is 12.2. The summed E-state index contributed by atoms with van der Waals surface area (Å²) in [6, 6.07) is 0.0823. The predicted molar refractivity (Wildman–Crippen MR) is 66.5 cm³/mol. The Bertz CT molecular complexity index is 542. The fourth-order valence-corrected chi connectivity index (χ4v) is 1.91. The van der Waals surface area contributed by atoms with Crippen LogP contribution in [-0.2, 0) is 11.3 Å². The molecule has 0 bridgehead atoms. The first-order valence-electron chi connectivity index (χ1n) is 6.22.